The van der Waals surface area contributed by atoms with Crippen LogP contribution in [0.1, 0.15) is 32.3 Å². The number of ether oxygens (including phenoxy) is 1. The van der Waals surface area contributed by atoms with Gasteiger partial charge in [-0.3, -0.25) is 4.79 Å². The van der Waals surface area contributed by atoms with Crippen molar-refractivity contribution < 1.29 is 9.53 Å². The third-order valence-corrected chi connectivity index (χ3v) is 3.63. The molecule has 1 aliphatic rings. The average Bonchev–Trinajstić information content (AvgIpc) is 2.86. The number of carbonyl (C=O) groups is 1. The van der Waals surface area contributed by atoms with Crippen LogP contribution in [0.3, 0.4) is 0 Å². The van der Waals surface area contributed by atoms with Crippen molar-refractivity contribution in [3.63, 3.8) is 0 Å². The predicted octanol–water partition coefficient (Wildman–Crippen LogP) is 1.88. The van der Waals surface area contributed by atoms with Crippen LogP contribution in [0, 0.1) is 0 Å². The molecule has 0 spiro atoms. The van der Waals surface area contributed by atoms with Gasteiger partial charge in [-0.15, -0.1) is 0 Å². The SMILES string of the molecule is CCC(C)NC(=O)CCNCC1Cc2ccccc2O1. The van der Waals surface area contributed by atoms with Crippen molar-refractivity contribution in [3.05, 3.63) is 29.8 Å². The van der Waals surface area contributed by atoms with Gasteiger partial charge in [-0.05, 0) is 25.0 Å². The lowest BCUT2D eigenvalue weighted by molar-refractivity contribution is -0.121. The summed E-state index contributed by atoms with van der Waals surface area (Å²) in [5, 5.41) is 6.26. The first-order chi connectivity index (χ1) is 9.69. The van der Waals surface area contributed by atoms with Crippen molar-refractivity contribution >= 4 is 5.91 Å². The minimum absolute atomic E-state index is 0.113. The number of amides is 1. The summed E-state index contributed by atoms with van der Waals surface area (Å²) < 4.78 is 5.83. The summed E-state index contributed by atoms with van der Waals surface area (Å²) in [6.45, 7) is 5.57. The second-order valence-corrected chi connectivity index (χ2v) is 5.38. The van der Waals surface area contributed by atoms with E-state index in [1.807, 2.05) is 25.1 Å². The molecule has 1 aromatic carbocycles. The fourth-order valence-corrected chi connectivity index (χ4v) is 2.28. The Balaban J connectivity index is 1.60. The lowest BCUT2D eigenvalue weighted by Gasteiger charge is -2.13. The van der Waals surface area contributed by atoms with Crippen LogP contribution in [0.4, 0.5) is 0 Å². The number of carbonyl (C=O) groups excluding carboxylic acids is 1. The maximum atomic E-state index is 11.6. The summed E-state index contributed by atoms with van der Waals surface area (Å²) in [6.07, 6.45) is 2.62. The van der Waals surface area contributed by atoms with E-state index in [0.717, 1.165) is 25.1 Å². The highest BCUT2D eigenvalue weighted by atomic mass is 16.5. The highest BCUT2D eigenvalue weighted by molar-refractivity contribution is 5.76. The fourth-order valence-electron chi connectivity index (χ4n) is 2.28. The van der Waals surface area contributed by atoms with Crippen LogP contribution in [0.25, 0.3) is 0 Å². The second kappa shape index (κ2) is 7.29. The quantitative estimate of drug-likeness (QED) is 0.748. The van der Waals surface area contributed by atoms with Crippen molar-refractivity contribution in [1.29, 1.82) is 0 Å². The summed E-state index contributed by atoms with van der Waals surface area (Å²) in [4.78, 5) is 11.6. The Morgan fingerprint density at radius 1 is 1.45 bits per heavy atom. The van der Waals surface area contributed by atoms with Gasteiger partial charge in [-0.2, -0.15) is 0 Å². The maximum absolute atomic E-state index is 11.6. The van der Waals surface area contributed by atoms with Gasteiger partial charge in [0.05, 0.1) is 0 Å². The zero-order valence-corrected chi connectivity index (χ0v) is 12.3. The zero-order valence-electron chi connectivity index (χ0n) is 12.3. The molecule has 0 saturated carbocycles. The van der Waals surface area contributed by atoms with Gasteiger partial charge in [0.25, 0.3) is 0 Å². The Bertz CT molecular complexity index is 423. The molecule has 0 aromatic heterocycles. The monoisotopic (exact) mass is 276 g/mol. The number of nitrogens with one attached hydrogen (secondary N) is 2. The van der Waals surface area contributed by atoms with Crippen LogP contribution in [-0.4, -0.2) is 31.1 Å². The zero-order chi connectivity index (χ0) is 14.4. The Kier molecular flexibility index (Phi) is 5.41. The number of rotatable bonds is 7. The molecule has 1 aliphatic heterocycles. The van der Waals surface area contributed by atoms with E-state index in [1.54, 1.807) is 0 Å². The highest BCUT2D eigenvalue weighted by Gasteiger charge is 2.21. The molecule has 1 amide bonds. The van der Waals surface area contributed by atoms with Gasteiger partial charge in [-0.1, -0.05) is 25.1 Å². The van der Waals surface area contributed by atoms with Crippen molar-refractivity contribution in [2.75, 3.05) is 13.1 Å². The van der Waals surface area contributed by atoms with Crippen LogP contribution < -0.4 is 15.4 Å². The largest absolute Gasteiger partial charge is 0.488 e. The fraction of sp³-hybridized carbons (Fsp3) is 0.562. The van der Waals surface area contributed by atoms with Gasteiger partial charge in [0.15, 0.2) is 0 Å². The number of fused-ring (bicyclic) bond motifs is 1. The molecule has 1 aromatic rings. The topological polar surface area (TPSA) is 50.4 Å². The molecule has 20 heavy (non-hydrogen) atoms. The van der Waals surface area contributed by atoms with Crippen molar-refractivity contribution in [3.8, 4) is 5.75 Å². The van der Waals surface area contributed by atoms with E-state index in [0.29, 0.717) is 13.0 Å². The van der Waals surface area contributed by atoms with E-state index in [9.17, 15) is 4.79 Å². The molecule has 2 N–H and O–H groups in total. The highest BCUT2D eigenvalue weighted by Crippen LogP contribution is 2.27. The van der Waals surface area contributed by atoms with Crippen LogP contribution >= 0.6 is 0 Å². The normalized spacial score (nSPS) is 18.2. The molecule has 0 radical (unpaired) electrons. The summed E-state index contributed by atoms with van der Waals surface area (Å²) in [6, 6.07) is 8.41. The van der Waals surface area contributed by atoms with Gasteiger partial charge >= 0.3 is 0 Å². The summed E-state index contributed by atoms with van der Waals surface area (Å²) in [7, 11) is 0. The standard InChI is InChI=1S/C16H24N2O2/c1-3-12(2)18-16(19)8-9-17-11-14-10-13-6-4-5-7-15(13)20-14/h4-7,12,14,17H,3,8-11H2,1-2H3,(H,18,19). The average molecular weight is 276 g/mol. The van der Waals surface area contributed by atoms with Gasteiger partial charge < -0.3 is 15.4 Å². The van der Waals surface area contributed by atoms with Crippen LogP contribution in [0.5, 0.6) is 5.75 Å². The molecule has 4 nitrogen and oxygen atoms in total. The molecule has 2 rings (SSSR count). The molecule has 2 atom stereocenters. The van der Waals surface area contributed by atoms with Crippen molar-refractivity contribution in [1.82, 2.24) is 10.6 Å². The molecular formula is C16H24N2O2. The molecule has 4 heteroatoms. The molecule has 0 fully saturated rings. The van der Waals surface area contributed by atoms with E-state index < -0.39 is 0 Å². The lowest BCUT2D eigenvalue weighted by atomic mass is 10.1. The van der Waals surface area contributed by atoms with Gasteiger partial charge in [0.2, 0.25) is 5.91 Å². The third kappa shape index (κ3) is 4.23. The Labute approximate surface area is 120 Å². The van der Waals surface area contributed by atoms with Crippen LogP contribution in [-0.2, 0) is 11.2 Å². The summed E-state index contributed by atoms with van der Waals surface area (Å²) in [5.41, 5.74) is 1.27. The van der Waals surface area contributed by atoms with E-state index in [2.05, 4.69) is 23.6 Å². The summed E-state index contributed by atoms with van der Waals surface area (Å²) in [5.74, 6) is 1.11. The summed E-state index contributed by atoms with van der Waals surface area (Å²) >= 11 is 0. The number of benzene rings is 1. The smallest absolute Gasteiger partial charge is 0.221 e. The van der Waals surface area contributed by atoms with Gasteiger partial charge in [0.1, 0.15) is 11.9 Å². The lowest BCUT2D eigenvalue weighted by Crippen LogP contribution is -2.36. The van der Waals surface area contributed by atoms with Gasteiger partial charge in [-0.25, -0.2) is 0 Å². The molecule has 110 valence electrons. The van der Waals surface area contributed by atoms with E-state index >= 15 is 0 Å². The minimum Gasteiger partial charge on any atom is -0.488 e. The molecule has 0 bridgehead atoms. The predicted molar refractivity (Wildman–Crippen MR) is 79.9 cm³/mol. The third-order valence-electron chi connectivity index (χ3n) is 3.63. The molecule has 0 saturated heterocycles. The molecule has 1 heterocycles. The number of hydrogen-bond acceptors (Lipinski definition) is 3. The van der Waals surface area contributed by atoms with E-state index in [4.69, 9.17) is 4.74 Å². The number of para-hydroxylation sites is 1. The Morgan fingerprint density at radius 3 is 3.00 bits per heavy atom. The molecule has 2 unspecified atom stereocenters. The van der Waals surface area contributed by atoms with Crippen LogP contribution in [0.2, 0.25) is 0 Å². The first kappa shape index (κ1) is 14.9. The van der Waals surface area contributed by atoms with Crippen molar-refractivity contribution in [2.45, 2.75) is 45.3 Å². The first-order valence-electron chi connectivity index (χ1n) is 7.43. The van der Waals surface area contributed by atoms with Crippen molar-refractivity contribution in [2.24, 2.45) is 0 Å². The first-order valence-corrected chi connectivity index (χ1v) is 7.43. The van der Waals surface area contributed by atoms with E-state index in [-0.39, 0.29) is 18.1 Å². The minimum atomic E-state index is 0.113. The van der Waals surface area contributed by atoms with Crippen LogP contribution in [0.15, 0.2) is 24.3 Å². The van der Waals surface area contributed by atoms with E-state index in [1.165, 1.54) is 5.56 Å². The van der Waals surface area contributed by atoms with Gasteiger partial charge in [0, 0.05) is 32.0 Å². The number of hydrogen-bond donors (Lipinski definition) is 2. The molecule has 0 aliphatic carbocycles. The molecular weight excluding hydrogens is 252 g/mol. The Morgan fingerprint density at radius 2 is 2.25 bits per heavy atom. The second-order valence-electron chi connectivity index (χ2n) is 5.38. The maximum Gasteiger partial charge on any atom is 0.221 e. The Hall–Kier alpha value is -1.55.